The lowest BCUT2D eigenvalue weighted by Crippen LogP contribution is -2.41. The van der Waals surface area contributed by atoms with E-state index in [4.69, 9.17) is 17.3 Å². The number of nitrogens with zero attached hydrogens (tertiary/aromatic N) is 1. The molecule has 0 saturated carbocycles. The van der Waals surface area contributed by atoms with Crippen molar-refractivity contribution in [3.63, 3.8) is 0 Å². The molecule has 1 saturated heterocycles. The second-order valence-corrected chi connectivity index (χ2v) is 7.02. The second kappa shape index (κ2) is 5.65. The van der Waals surface area contributed by atoms with Crippen LogP contribution in [0.5, 0.6) is 0 Å². The third-order valence-corrected chi connectivity index (χ3v) is 4.69. The number of carbonyl (C=O) groups is 1. The highest BCUT2D eigenvalue weighted by atomic mass is 35.5. The van der Waals surface area contributed by atoms with Crippen molar-refractivity contribution in [3.8, 4) is 0 Å². The van der Waals surface area contributed by atoms with Crippen molar-refractivity contribution in [3.05, 3.63) is 28.8 Å². The molecule has 4 heteroatoms. The maximum atomic E-state index is 12.5. The quantitative estimate of drug-likeness (QED) is 0.800. The maximum absolute atomic E-state index is 12.5. The molecule has 1 aliphatic heterocycles. The Balaban J connectivity index is 2.07. The van der Waals surface area contributed by atoms with Crippen molar-refractivity contribution in [1.82, 2.24) is 4.90 Å². The van der Waals surface area contributed by atoms with Crippen LogP contribution in [-0.4, -0.2) is 23.9 Å². The number of nitrogen functional groups attached to an aromatic ring is 1. The van der Waals surface area contributed by atoms with Gasteiger partial charge >= 0.3 is 0 Å². The summed E-state index contributed by atoms with van der Waals surface area (Å²) in [6, 6.07) is 5.23. The minimum Gasteiger partial charge on any atom is -0.398 e. The standard InChI is InChI=1S/C16H23ClN2O/c1-16(2,3)11-7-9-19(10-8-11)15(20)12-5-4-6-13(18)14(12)17/h4-6,11H,7-10,18H2,1-3H3. The smallest absolute Gasteiger partial charge is 0.255 e. The molecule has 1 amide bonds. The molecular weight excluding hydrogens is 272 g/mol. The Morgan fingerprint density at radius 1 is 1.30 bits per heavy atom. The number of piperidine rings is 1. The van der Waals surface area contributed by atoms with Gasteiger partial charge < -0.3 is 10.6 Å². The van der Waals surface area contributed by atoms with Crippen LogP contribution >= 0.6 is 11.6 Å². The number of halogens is 1. The zero-order chi connectivity index (χ0) is 14.9. The monoisotopic (exact) mass is 294 g/mol. The molecule has 1 fully saturated rings. The van der Waals surface area contributed by atoms with Crippen molar-refractivity contribution < 1.29 is 4.79 Å². The van der Waals surface area contributed by atoms with E-state index >= 15 is 0 Å². The summed E-state index contributed by atoms with van der Waals surface area (Å²) in [5.41, 5.74) is 7.05. The normalized spacial score (nSPS) is 17.3. The van der Waals surface area contributed by atoms with Gasteiger partial charge in [-0.15, -0.1) is 0 Å². The van der Waals surface area contributed by atoms with E-state index in [9.17, 15) is 4.79 Å². The van der Waals surface area contributed by atoms with Gasteiger partial charge in [0, 0.05) is 13.1 Å². The molecule has 3 nitrogen and oxygen atoms in total. The summed E-state index contributed by atoms with van der Waals surface area (Å²) in [4.78, 5) is 14.4. The van der Waals surface area contributed by atoms with Crippen molar-refractivity contribution in [2.75, 3.05) is 18.8 Å². The van der Waals surface area contributed by atoms with Gasteiger partial charge in [-0.05, 0) is 36.3 Å². The number of nitrogens with two attached hydrogens (primary N) is 1. The van der Waals surface area contributed by atoms with E-state index in [0.29, 0.717) is 27.6 Å². The van der Waals surface area contributed by atoms with E-state index in [1.54, 1.807) is 18.2 Å². The van der Waals surface area contributed by atoms with Gasteiger partial charge in [0.15, 0.2) is 0 Å². The summed E-state index contributed by atoms with van der Waals surface area (Å²) in [6.45, 7) is 8.40. The zero-order valence-corrected chi connectivity index (χ0v) is 13.2. The predicted octanol–water partition coefficient (Wildman–Crippen LogP) is 3.82. The molecule has 0 radical (unpaired) electrons. The van der Waals surface area contributed by atoms with Crippen LogP contribution in [0.15, 0.2) is 18.2 Å². The Bertz CT molecular complexity index is 500. The summed E-state index contributed by atoms with van der Waals surface area (Å²) in [5, 5.41) is 0.371. The Hall–Kier alpha value is -1.22. The predicted molar refractivity (Wildman–Crippen MR) is 83.9 cm³/mol. The summed E-state index contributed by atoms with van der Waals surface area (Å²) < 4.78 is 0. The van der Waals surface area contributed by atoms with Crippen LogP contribution in [0.2, 0.25) is 5.02 Å². The number of hydrogen-bond acceptors (Lipinski definition) is 2. The molecule has 1 aromatic rings. The first-order chi connectivity index (χ1) is 9.30. The van der Waals surface area contributed by atoms with Gasteiger partial charge in [-0.25, -0.2) is 0 Å². The molecule has 0 spiro atoms. The summed E-state index contributed by atoms with van der Waals surface area (Å²) in [5.74, 6) is 0.664. The first kappa shape index (κ1) is 15.2. The minimum absolute atomic E-state index is 0.00495. The molecule has 1 aromatic carbocycles. The van der Waals surface area contributed by atoms with Gasteiger partial charge in [0.25, 0.3) is 5.91 Å². The molecule has 110 valence electrons. The molecule has 1 aliphatic rings. The molecule has 0 aromatic heterocycles. The van der Waals surface area contributed by atoms with E-state index in [1.807, 2.05) is 4.90 Å². The van der Waals surface area contributed by atoms with Gasteiger partial charge in [-0.3, -0.25) is 4.79 Å². The third-order valence-electron chi connectivity index (χ3n) is 4.27. The molecule has 0 aliphatic carbocycles. The summed E-state index contributed by atoms with van der Waals surface area (Å²) in [6.07, 6.45) is 2.10. The lowest BCUT2D eigenvalue weighted by Gasteiger charge is -2.38. The van der Waals surface area contributed by atoms with Crippen LogP contribution in [0.4, 0.5) is 5.69 Å². The highest BCUT2D eigenvalue weighted by Gasteiger charge is 2.31. The average molecular weight is 295 g/mol. The van der Waals surface area contributed by atoms with Crippen LogP contribution < -0.4 is 5.73 Å². The SMILES string of the molecule is CC(C)(C)C1CCN(C(=O)c2cccc(N)c2Cl)CC1. The molecule has 0 atom stereocenters. The van der Waals surface area contributed by atoms with Gasteiger partial charge in [-0.2, -0.15) is 0 Å². The number of anilines is 1. The third kappa shape index (κ3) is 3.09. The maximum Gasteiger partial charge on any atom is 0.255 e. The van der Waals surface area contributed by atoms with Crippen LogP contribution in [0.1, 0.15) is 44.0 Å². The van der Waals surface area contributed by atoms with E-state index in [2.05, 4.69) is 20.8 Å². The number of hydrogen-bond donors (Lipinski definition) is 1. The minimum atomic E-state index is -0.00495. The zero-order valence-electron chi connectivity index (χ0n) is 12.4. The van der Waals surface area contributed by atoms with Gasteiger partial charge in [-0.1, -0.05) is 38.4 Å². The molecular formula is C16H23ClN2O. The Labute approximate surface area is 126 Å². The average Bonchev–Trinajstić information content (AvgIpc) is 2.40. The fourth-order valence-corrected chi connectivity index (χ4v) is 3.04. The van der Waals surface area contributed by atoms with Crippen molar-refractivity contribution in [1.29, 1.82) is 0 Å². The lowest BCUT2D eigenvalue weighted by molar-refractivity contribution is 0.0609. The van der Waals surface area contributed by atoms with Crippen molar-refractivity contribution >= 4 is 23.2 Å². The largest absolute Gasteiger partial charge is 0.398 e. The molecule has 2 rings (SSSR count). The fraction of sp³-hybridized carbons (Fsp3) is 0.562. The van der Waals surface area contributed by atoms with Gasteiger partial charge in [0.2, 0.25) is 0 Å². The summed E-state index contributed by atoms with van der Waals surface area (Å²) in [7, 11) is 0. The number of likely N-dealkylation sites (tertiary alicyclic amines) is 1. The number of carbonyl (C=O) groups excluding carboxylic acids is 1. The summed E-state index contributed by atoms with van der Waals surface area (Å²) >= 11 is 6.14. The Kier molecular flexibility index (Phi) is 4.28. The van der Waals surface area contributed by atoms with Crippen LogP contribution in [0.3, 0.4) is 0 Å². The molecule has 2 N–H and O–H groups in total. The van der Waals surface area contributed by atoms with E-state index in [-0.39, 0.29) is 5.91 Å². The number of rotatable bonds is 1. The highest BCUT2D eigenvalue weighted by molar-refractivity contribution is 6.36. The second-order valence-electron chi connectivity index (χ2n) is 6.64. The van der Waals surface area contributed by atoms with E-state index in [0.717, 1.165) is 25.9 Å². The lowest BCUT2D eigenvalue weighted by atomic mass is 9.75. The van der Waals surface area contributed by atoms with Crippen LogP contribution in [0, 0.1) is 11.3 Å². The Morgan fingerprint density at radius 3 is 2.45 bits per heavy atom. The molecule has 0 bridgehead atoms. The van der Waals surface area contributed by atoms with E-state index < -0.39 is 0 Å². The van der Waals surface area contributed by atoms with Crippen molar-refractivity contribution in [2.24, 2.45) is 11.3 Å². The van der Waals surface area contributed by atoms with Crippen molar-refractivity contribution in [2.45, 2.75) is 33.6 Å². The molecule has 20 heavy (non-hydrogen) atoms. The van der Waals surface area contributed by atoms with Gasteiger partial charge in [0.1, 0.15) is 0 Å². The number of amides is 1. The molecule has 0 unspecified atom stereocenters. The van der Waals surface area contributed by atoms with Crippen LogP contribution in [-0.2, 0) is 0 Å². The number of benzene rings is 1. The Morgan fingerprint density at radius 2 is 1.90 bits per heavy atom. The topological polar surface area (TPSA) is 46.3 Å². The van der Waals surface area contributed by atoms with Gasteiger partial charge in [0.05, 0.1) is 16.3 Å². The first-order valence-electron chi connectivity index (χ1n) is 7.14. The fourth-order valence-electron chi connectivity index (χ4n) is 2.83. The highest BCUT2D eigenvalue weighted by Crippen LogP contribution is 2.35. The van der Waals surface area contributed by atoms with Crippen LogP contribution in [0.25, 0.3) is 0 Å². The van der Waals surface area contributed by atoms with E-state index in [1.165, 1.54) is 0 Å². The first-order valence-corrected chi connectivity index (χ1v) is 7.51. The molecule has 1 heterocycles.